The van der Waals surface area contributed by atoms with Crippen molar-refractivity contribution in [3.05, 3.63) is 35.7 Å². The molecule has 2 rings (SSSR count). The van der Waals surface area contributed by atoms with Crippen molar-refractivity contribution in [2.75, 3.05) is 7.11 Å². The minimum absolute atomic E-state index is 0.0125. The molecule has 8 nitrogen and oxygen atoms in total. The van der Waals surface area contributed by atoms with E-state index in [-0.39, 0.29) is 18.1 Å². The van der Waals surface area contributed by atoms with Crippen LogP contribution >= 0.6 is 0 Å². The van der Waals surface area contributed by atoms with Gasteiger partial charge in [0.1, 0.15) is 0 Å². The Morgan fingerprint density at radius 2 is 2.20 bits per heavy atom. The number of H-pyrrole nitrogens is 1. The maximum atomic E-state index is 12.1. The number of pyridine rings is 1. The van der Waals surface area contributed by atoms with Gasteiger partial charge in [0, 0.05) is 30.9 Å². The molecule has 0 saturated carbocycles. The molecule has 0 bridgehead atoms. The summed E-state index contributed by atoms with van der Waals surface area (Å²) in [4.78, 5) is 4.00. The first-order chi connectivity index (χ1) is 9.56. The number of nitrogens with zero attached hydrogens (tertiary/aromatic N) is 2. The van der Waals surface area contributed by atoms with Crippen molar-refractivity contribution in [1.29, 1.82) is 0 Å². The molecule has 0 atom stereocenters. The Kier molecular flexibility index (Phi) is 4.32. The van der Waals surface area contributed by atoms with E-state index in [9.17, 15) is 8.42 Å². The van der Waals surface area contributed by atoms with Crippen LogP contribution in [0.4, 0.5) is 0 Å². The van der Waals surface area contributed by atoms with Crippen molar-refractivity contribution in [3.8, 4) is 5.88 Å². The van der Waals surface area contributed by atoms with Crippen LogP contribution in [0.15, 0.2) is 29.6 Å². The lowest BCUT2D eigenvalue weighted by atomic mass is 10.3. The van der Waals surface area contributed by atoms with Crippen molar-refractivity contribution in [2.24, 2.45) is 5.73 Å². The van der Waals surface area contributed by atoms with Crippen molar-refractivity contribution < 1.29 is 13.2 Å². The molecule has 108 valence electrons. The Bertz CT molecular complexity index is 666. The van der Waals surface area contributed by atoms with E-state index in [1.165, 1.54) is 19.5 Å². The molecule has 20 heavy (non-hydrogen) atoms. The average Bonchev–Trinajstić information content (AvgIpc) is 2.95. The molecule has 0 aromatic carbocycles. The van der Waals surface area contributed by atoms with E-state index in [1.54, 1.807) is 12.1 Å². The quantitative estimate of drug-likeness (QED) is 0.675. The minimum Gasteiger partial charge on any atom is -0.481 e. The zero-order chi connectivity index (χ0) is 14.6. The van der Waals surface area contributed by atoms with E-state index >= 15 is 0 Å². The van der Waals surface area contributed by atoms with Gasteiger partial charge in [-0.15, -0.1) is 0 Å². The molecule has 0 radical (unpaired) electrons. The molecule has 0 spiro atoms. The van der Waals surface area contributed by atoms with E-state index < -0.39 is 10.0 Å². The third kappa shape index (κ3) is 3.13. The van der Waals surface area contributed by atoms with Gasteiger partial charge in [-0.3, -0.25) is 5.10 Å². The molecule has 2 aromatic rings. The Morgan fingerprint density at radius 1 is 1.40 bits per heavy atom. The summed E-state index contributed by atoms with van der Waals surface area (Å²) in [6.07, 6.45) is 2.93. The number of aromatic amines is 1. The van der Waals surface area contributed by atoms with Gasteiger partial charge in [0.05, 0.1) is 13.3 Å². The lowest BCUT2D eigenvalue weighted by Crippen LogP contribution is -2.25. The second-order valence-electron chi connectivity index (χ2n) is 3.96. The number of hydrogen-bond acceptors (Lipinski definition) is 6. The summed E-state index contributed by atoms with van der Waals surface area (Å²) in [5, 5.41) is 6.11. The fourth-order valence-corrected chi connectivity index (χ4v) is 2.72. The number of ether oxygens (including phenoxy) is 1. The second kappa shape index (κ2) is 5.99. The van der Waals surface area contributed by atoms with Crippen LogP contribution < -0.4 is 15.2 Å². The normalized spacial score (nSPS) is 11.5. The lowest BCUT2D eigenvalue weighted by Gasteiger charge is -2.06. The van der Waals surface area contributed by atoms with Crippen LogP contribution in [0.5, 0.6) is 5.88 Å². The van der Waals surface area contributed by atoms with Gasteiger partial charge in [0.15, 0.2) is 5.03 Å². The van der Waals surface area contributed by atoms with Crippen LogP contribution in [0.25, 0.3) is 0 Å². The fourth-order valence-electron chi connectivity index (χ4n) is 1.56. The number of nitrogens with two attached hydrogens (primary N) is 1. The zero-order valence-corrected chi connectivity index (χ0v) is 11.6. The van der Waals surface area contributed by atoms with Gasteiger partial charge in [-0.05, 0) is 5.56 Å². The van der Waals surface area contributed by atoms with Crippen LogP contribution in [0.2, 0.25) is 0 Å². The van der Waals surface area contributed by atoms with Crippen LogP contribution in [-0.2, 0) is 23.1 Å². The predicted octanol–water partition coefficient (Wildman–Crippen LogP) is -0.249. The van der Waals surface area contributed by atoms with Crippen LogP contribution in [0.1, 0.15) is 11.1 Å². The van der Waals surface area contributed by atoms with Crippen LogP contribution in [0.3, 0.4) is 0 Å². The topological polar surface area (TPSA) is 123 Å². The first kappa shape index (κ1) is 14.4. The molecule has 0 fully saturated rings. The second-order valence-corrected chi connectivity index (χ2v) is 5.67. The molecule has 0 unspecified atom stereocenters. The van der Waals surface area contributed by atoms with E-state index in [2.05, 4.69) is 19.9 Å². The van der Waals surface area contributed by atoms with Gasteiger partial charge in [-0.25, -0.2) is 18.1 Å². The van der Waals surface area contributed by atoms with Crippen LogP contribution in [-0.4, -0.2) is 30.7 Å². The molecule has 0 aliphatic carbocycles. The monoisotopic (exact) mass is 297 g/mol. The predicted molar refractivity (Wildman–Crippen MR) is 71.3 cm³/mol. The standard InChI is InChI=1S/C11H15N5O3S/c1-19-10-3-2-8(5-13-10)6-15-20(17,18)11-9(4-12)7-14-16-11/h2-3,5,7,15H,4,6,12H2,1H3,(H,14,16). The summed E-state index contributed by atoms with van der Waals surface area (Å²) in [7, 11) is -2.17. The van der Waals surface area contributed by atoms with E-state index in [1.807, 2.05) is 0 Å². The van der Waals surface area contributed by atoms with Gasteiger partial charge in [-0.2, -0.15) is 5.10 Å². The Balaban J connectivity index is 2.09. The van der Waals surface area contributed by atoms with Gasteiger partial charge in [0.25, 0.3) is 10.0 Å². The van der Waals surface area contributed by atoms with Crippen LogP contribution in [0, 0.1) is 0 Å². The molecule has 9 heteroatoms. The summed E-state index contributed by atoms with van der Waals surface area (Å²) in [5.74, 6) is 0.468. The highest BCUT2D eigenvalue weighted by molar-refractivity contribution is 7.89. The lowest BCUT2D eigenvalue weighted by molar-refractivity contribution is 0.397. The number of sulfonamides is 1. The smallest absolute Gasteiger partial charge is 0.258 e. The highest BCUT2D eigenvalue weighted by Gasteiger charge is 2.19. The summed E-state index contributed by atoms with van der Waals surface area (Å²) in [6, 6.07) is 3.39. The third-order valence-electron chi connectivity index (χ3n) is 2.64. The molecule has 4 N–H and O–H groups in total. The Labute approximate surface area is 116 Å². The number of methoxy groups -OCH3 is 1. The first-order valence-corrected chi connectivity index (χ1v) is 7.26. The molecule has 0 aliphatic heterocycles. The van der Waals surface area contributed by atoms with Crippen molar-refractivity contribution >= 4 is 10.0 Å². The SMILES string of the molecule is COc1ccc(CNS(=O)(=O)c2[nH]ncc2CN)cn1. The highest BCUT2D eigenvalue weighted by atomic mass is 32.2. The number of aromatic nitrogens is 3. The third-order valence-corrected chi connectivity index (χ3v) is 4.06. The fraction of sp³-hybridized carbons (Fsp3) is 0.273. The molecule has 0 saturated heterocycles. The summed E-state index contributed by atoms with van der Waals surface area (Å²) < 4.78 is 31.6. The van der Waals surface area contributed by atoms with Gasteiger partial charge in [-0.1, -0.05) is 6.07 Å². The highest BCUT2D eigenvalue weighted by Crippen LogP contribution is 2.12. The minimum atomic E-state index is -3.68. The maximum absolute atomic E-state index is 12.1. The molecule has 0 amide bonds. The van der Waals surface area contributed by atoms with Gasteiger partial charge in [0.2, 0.25) is 5.88 Å². The molecular formula is C11H15N5O3S. The molecule has 2 aromatic heterocycles. The number of nitrogens with one attached hydrogen (secondary N) is 2. The van der Waals surface area contributed by atoms with E-state index in [0.717, 1.165) is 0 Å². The van der Waals surface area contributed by atoms with Crippen molar-refractivity contribution in [3.63, 3.8) is 0 Å². The van der Waals surface area contributed by atoms with Gasteiger partial charge >= 0.3 is 0 Å². The molecule has 0 aliphatic rings. The largest absolute Gasteiger partial charge is 0.481 e. The summed E-state index contributed by atoms with van der Waals surface area (Å²) in [6.45, 7) is 0.208. The van der Waals surface area contributed by atoms with E-state index in [4.69, 9.17) is 10.5 Å². The summed E-state index contributed by atoms with van der Waals surface area (Å²) >= 11 is 0. The summed E-state index contributed by atoms with van der Waals surface area (Å²) in [5.41, 5.74) is 6.60. The Hall–Kier alpha value is -1.97. The molecular weight excluding hydrogens is 282 g/mol. The van der Waals surface area contributed by atoms with Crippen molar-refractivity contribution in [1.82, 2.24) is 19.9 Å². The number of hydrogen-bond donors (Lipinski definition) is 3. The maximum Gasteiger partial charge on any atom is 0.258 e. The first-order valence-electron chi connectivity index (χ1n) is 5.77. The number of rotatable bonds is 6. The van der Waals surface area contributed by atoms with Gasteiger partial charge < -0.3 is 10.5 Å². The molecule has 2 heterocycles. The van der Waals surface area contributed by atoms with Crippen molar-refractivity contribution in [2.45, 2.75) is 18.1 Å². The zero-order valence-electron chi connectivity index (χ0n) is 10.8. The van der Waals surface area contributed by atoms with E-state index in [0.29, 0.717) is 17.0 Å². The Morgan fingerprint density at radius 3 is 2.80 bits per heavy atom. The average molecular weight is 297 g/mol.